The van der Waals surface area contributed by atoms with Crippen LogP contribution in [0.3, 0.4) is 0 Å². The minimum Gasteiger partial charge on any atom is -0.0526 e. The summed E-state index contributed by atoms with van der Waals surface area (Å²) in [5.41, 5.74) is 0. The third-order valence-electron chi connectivity index (χ3n) is 1.80. The second-order valence-corrected chi connectivity index (χ2v) is 5.11. The highest BCUT2D eigenvalue weighted by Gasteiger charge is 2.05. The Labute approximate surface area is 102 Å². The van der Waals surface area contributed by atoms with Crippen molar-refractivity contribution in [2.75, 3.05) is 0 Å². The van der Waals surface area contributed by atoms with E-state index in [1.807, 2.05) is 24.3 Å². The van der Waals surface area contributed by atoms with Crippen LogP contribution in [-0.2, 0) is 0 Å². The molecule has 0 heterocycles. The first-order valence-corrected chi connectivity index (χ1v) is 6.02. The van der Waals surface area contributed by atoms with Gasteiger partial charge in [0.25, 0.3) is 0 Å². The lowest BCUT2D eigenvalue weighted by Crippen LogP contribution is -1.78. The molecule has 0 saturated heterocycles. The molecule has 13 heavy (non-hydrogen) atoms. The van der Waals surface area contributed by atoms with Crippen LogP contribution in [0.15, 0.2) is 37.7 Å². The molecule has 65 valence electrons. The normalized spacial score (nSPS) is 10.7. The summed E-state index contributed by atoms with van der Waals surface area (Å²) in [6.45, 7) is 0. The lowest BCUT2D eigenvalue weighted by Gasteiger charge is -2.04. The van der Waals surface area contributed by atoms with Gasteiger partial charge in [-0.05, 0) is 55.4 Å². The van der Waals surface area contributed by atoms with Gasteiger partial charge in [0.1, 0.15) is 0 Å². The average molecular weight is 364 g/mol. The molecule has 0 bridgehead atoms. The Balaban J connectivity index is 2.97. The van der Waals surface area contributed by atoms with E-state index in [2.05, 4.69) is 53.9 Å². The van der Waals surface area contributed by atoms with E-state index in [0.29, 0.717) is 0 Å². The van der Waals surface area contributed by atoms with Gasteiger partial charge in [-0.25, -0.2) is 0 Å². The van der Waals surface area contributed by atoms with Crippen molar-refractivity contribution in [3.8, 4) is 0 Å². The predicted octanol–water partition coefficient (Wildman–Crippen LogP) is 4.93. The Morgan fingerprint density at radius 2 is 1.69 bits per heavy atom. The maximum atomic E-state index is 3.53. The largest absolute Gasteiger partial charge is 0.0526 e. The van der Waals surface area contributed by atoms with Gasteiger partial charge < -0.3 is 0 Å². The van der Waals surface area contributed by atoms with E-state index in [4.69, 9.17) is 0 Å². The number of fused-ring (bicyclic) bond motifs is 1. The third-order valence-corrected chi connectivity index (χ3v) is 4.48. The number of benzene rings is 2. The topological polar surface area (TPSA) is 0 Å². The lowest BCUT2D eigenvalue weighted by molar-refractivity contribution is 1.62. The second kappa shape index (κ2) is 3.71. The van der Waals surface area contributed by atoms with Crippen LogP contribution in [0.25, 0.3) is 10.8 Å². The summed E-state index contributed by atoms with van der Waals surface area (Å²) in [4.78, 5) is 0. The first kappa shape index (κ1) is 9.69. The van der Waals surface area contributed by atoms with Gasteiger partial charge in [-0.2, -0.15) is 0 Å². The highest BCUT2D eigenvalue weighted by atomic mass is 79.9. The molecular weight excluding hydrogens is 360 g/mol. The first-order chi connectivity index (χ1) is 6.20. The smallest absolute Gasteiger partial charge is 0.0407 e. The van der Waals surface area contributed by atoms with E-state index >= 15 is 0 Å². The minimum atomic E-state index is 1.06. The van der Waals surface area contributed by atoms with Crippen molar-refractivity contribution >= 4 is 58.6 Å². The molecule has 0 aliphatic carbocycles. The highest BCUT2D eigenvalue weighted by molar-refractivity contribution is 9.13. The Morgan fingerprint density at radius 3 is 2.46 bits per heavy atom. The van der Waals surface area contributed by atoms with Crippen molar-refractivity contribution < 1.29 is 0 Å². The Morgan fingerprint density at radius 1 is 0.923 bits per heavy atom. The monoisotopic (exact) mass is 361 g/mol. The van der Waals surface area contributed by atoms with Crippen LogP contribution in [0.1, 0.15) is 0 Å². The summed E-state index contributed by atoms with van der Waals surface area (Å²) in [5.74, 6) is 0. The maximum Gasteiger partial charge on any atom is 0.0407 e. The molecule has 0 N–H and O–H groups in total. The second-order valence-electron chi connectivity index (χ2n) is 2.61. The summed E-state index contributed by atoms with van der Waals surface area (Å²) in [6, 6.07) is 11.1. The quantitative estimate of drug-likeness (QED) is 0.622. The van der Waals surface area contributed by atoms with Crippen molar-refractivity contribution in [3.63, 3.8) is 0 Å². The van der Waals surface area contributed by atoms with Crippen LogP contribution in [0.5, 0.6) is 0 Å². The van der Waals surface area contributed by atoms with E-state index in [1.54, 1.807) is 0 Å². The van der Waals surface area contributed by atoms with Crippen molar-refractivity contribution in [2.45, 2.75) is 0 Å². The number of halogens is 3. The van der Waals surface area contributed by atoms with E-state index in [0.717, 1.165) is 24.2 Å². The van der Waals surface area contributed by atoms with Gasteiger partial charge in [0, 0.05) is 18.8 Å². The Kier molecular flexibility index (Phi) is 2.77. The van der Waals surface area contributed by atoms with Gasteiger partial charge in [-0.1, -0.05) is 28.1 Å². The zero-order chi connectivity index (χ0) is 9.42. The summed E-state index contributed by atoms with van der Waals surface area (Å²) in [7, 11) is 0. The van der Waals surface area contributed by atoms with Crippen LogP contribution in [-0.4, -0.2) is 0 Å². The van der Waals surface area contributed by atoms with Crippen molar-refractivity contribution in [1.29, 1.82) is 0 Å². The molecular formula is C10H4Br3. The molecule has 3 heteroatoms. The van der Waals surface area contributed by atoms with E-state index in [-0.39, 0.29) is 0 Å². The molecule has 2 aromatic carbocycles. The van der Waals surface area contributed by atoms with E-state index in [1.165, 1.54) is 0 Å². The molecule has 2 rings (SSSR count). The molecule has 0 fully saturated rings. The van der Waals surface area contributed by atoms with Crippen molar-refractivity contribution in [3.05, 3.63) is 43.7 Å². The standard InChI is InChI=1S/C10H4Br3/c11-7-3-1-2-6-4-5-8(12)10(13)9(6)7/h1,3-5H. The first-order valence-electron chi connectivity index (χ1n) is 3.64. The molecule has 0 aliphatic heterocycles. The van der Waals surface area contributed by atoms with Gasteiger partial charge in [0.2, 0.25) is 0 Å². The van der Waals surface area contributed by atoms with Crippen molar-refractivity contribution in [1.82, 2.24) is 0 Å². The highest BCUT2D eigenvalue weighted by Crippen LogP contribution is 2.35. The fourth-order valence-corrected chi connectivity index (χ4v) is 2.89. The molecule has 2 aromatic rings. The van der Waals surface area contributed by atoms with E-state index < -0.39 is 0 Å². The van der Waals surface area contributed by atoms with Gasteiger partial charge in [0.05, 0.1) is 0 Å². The number of rotatable bonds is 0. The predicted molar refractivity (Wildman–Crippen MR) is 65.9 cm³/mol. The molecule has 0 saturated carbocycles. The molecule has 0 aromatic heterocycles. The molecule has 0 amide bonds. The molecule has 0 aliphatic rings. The molecule has 0 spiro atoms. The summed E-state index contributed by atoms with van der Waals surface area (Å²) < 4.78 is 3.20. The van der Waals surface area contributed by atoms with Gasteiger partial charge in [-0.3, -0.25) is 0 Å². The Bertz CT molecular complexity index is 463. The van der Waals surface area contributed by atoms with Crippen molar-refractivity contribution in [2.24, 2.45) is 0 Å². The molecule has 0 unspecified atom stereocenters. The zero-order valence-corrected chi connectivity index (χ0v) is 11.2. The molecule has 0 atom stereocenters. The zero-order valence-electron chi connectivity index (χ0n) is 6.44. The minimum absolute atomic E-state index is 1.06. The average Bonchev–Trinajstić information content (AvgIpc) is 2.12. The summed E-state index contributed by atoms with van der Waals surface area (Å²) in [5, 5.41) is 2.25. The van der Waals surface area contributed by atoms with Crippen LogP contribution in [0.4, 0.5) is 0 Å². The van der Waals surface area contributed by atoms with Crippen LogP contribution >= 0.6 is 47.8 Å². The fraction of sp³-hybridized carbons (Fsp3) is 0. The summed E-state index contributed by atoms with van der Waals surface area (Å²) in [6.07, 6.45) is 0. The van der Waals surface area contributed by atoms with Gasteiger partial charge >= 0.3 is 0 Å². The number of hydrogen-bond acceptors (Lipinski definition) is 0. The van der Waals surface area contributed by atoms with Gasteiger partial charge in [0.15, 0.2) is 0 Å². The molecule has 1 radical (unpaired) electrons. The third kappa shape index (κ3) is 1.69. The van der Waals surface area contributed by atoms with Crippen LogP contribution in [0, 0.1) is 6.07 Å². The maximum absolute atomic E-state index is 3.53. The number of hydrogen-bond donors (Lipinski definition) is 0. The van der Waals surface area contributed by atoms with Crippen LogP contribution in [0.2, 0.25) is 0 Å². The fourth-order valence-electron chi connectivity index (χ4n) is 1.19. The molecule has 0 nitrogen and oxygen atoms in total. The lowest BCUT2D eigenvalue weighted by atomic mass is 10.1. The SMILES string of the molecule is Brc1ccc2[c]ccc(Br)c2c1Br. The Hall–Kier alpha value is 0.140. The van der Waals surface area contributed by atoms with E-state index in [9.17, 15) is 0 Å². The van der Waals surface area contributed by atoms with Crippen LogP contribution < -0.4 is 0 Å². The van der Waals surface area contributed by atoms with Gasteiger partial charge in [-0.15, -0.1) is 0 Å². The summed E-state index contributed by atoms with van der Waals surface area (Å²) >= 11 is 10.5.